The van der Waals surface area contributed by atoms with Crippen molar-refractivity contribution in [1.29, 1.82) is 0 Å². The molecule has 2 aliphatic rings. The van der Waals surface area contributed by atoms with Crippen LogP contribution in [0.2, 0.25) is 0 Å². The van der Waals surface area contributed by atoms with Crippen LogP contribution in [0.3, 0.4) is 0 Å². The first kappa shape index (κ1) is 13.7. The third kappa shape index (κ3) is 3.24. The molecule has 1 heterocycles. The number of fused-ring (bicyclic) bond motifs is 1. The monoisotopic (exact) mass is 271 g/mol. The van der Waals surface area contributed by atoms with Crippen molar-refractivity contribution in [3.63, 3.8) is 0 Å². The van der Waals surface area contributed by atoms with Gasteiger partial charge in [0.1, 0.15) is 5.75 Å². The van der Waals surface area contributed by atoms with Gasteiger partial charge in [-0.25, -0.2) is 0 Å². The number of allylic oxidation sites excluding steroid dienone is 1. The Hall–Kier alpha value is -1.28. The number of nitrogens with one attached hydrogen (secondary N) is 1. The second-order valence-corrected chi connectivity index (χ2v) is 6.00. The molecular weight excluding hydrogens is 246 g/mol. The van der Waals surface area contributed by atoms with E-state index in [1.807, 2.05) is 0 Å². The van der Waals surface area contributed by atoms with E-state index in [0.717, 1.165) is 25.3 Å². The fourth-order valence-corrected chi connectivity index (χ4v) is 3.17. The second-order valence-electron chi connectivity index (χ2n) is 6.00. The van der Waals surface area contributed by atoms with Crippen LogP contribution in [0.25, 0.3) is 0 Å². The molecule has 0 aromatic heterocycles. The van der Waals surface area contributed by atoms with Crippen LogP contribution in [0, 0.1) is 0 Å². The van der Waals surface area contributed by atoms with Crippen LogP contribution < -0.4 is 10.1 Å². The minimum Gasteiger partial charge on any atom is -0.493 e. The lowest BCUT2D eigenvalue weighted by atomic mass is 9.97. The van der Waals surface area contributed by atoms with E-state index in [-0.39, 0.29) is 0 Å². The largest absolute Gasteiger partial charge is 0.493 e. The molecule has 0 saturated carbocycles. The minimum atomic E-state index is 0.421. The van der Waals surface area contributed by atoms with Crippen LogP contribution in [0.15, 0.2) is 29.8 Å². The molecule has 1 N–H and O–H groups in total. The topological polar surface area (TPSA) is 21.3 Å². The van der Waals surface area contributed by atoms with E-state index in [0.29, 0.717) is 6.04 Å². The van der Waals surface area contributed by atoms with Crippen LogP contribution in [0.1, 0.15) is 56.2 Å². The molecule has 1 aromatic carbocycles. The highest BCUT2D eigenvalue weighted by Gasteiger charge is 2.14. The first-order valence-corrected chi connectivity index (χ1v) is 8.00. The summed E-state index contributed by atoms with van der Waals surface area (Å²) in [6, 6.07) is 7.05. The summed E-state index contributed by atoms with van der Waals surface area (Å²) in [5.74, 6) is 1.08. The maximum Gasteiger partial charge on any atom is 0.122 e. The normalized spacial score (nSPS) is 19.1. The number of hydrogen-bond acceptors (Lipinski definition) is 2. The Balaban J connectivity index is 1.51. The van der Waals surface area contributed by atoms with Crippen LogP contribution in [0.5, 0.6) is 5.75 Å². The van der Waals surface area contributed by atoms with E-state index in [2.05, 4.69) is 36.5 Å². The number of ether oxygens (including phenoxy) is 1. The van der Waals surface area contributed by atoms with Gasteiger partial charge in [-0.3, -0.25) is 0 Å². The van der Waals surface area contributed by atoms with E-state index in [1.54, 1.807) is 5.57 Å². The van der Waals surface area contributed by atoms with Gasteiger partial charge in [-0.05, 0) is 62.8 Å². The summed E-state index contributed by atoms with van der Waals surface area (Å²) in [7, 11) is 0. The second kappa shape index (κ2) is 6.45. The number of benzene rings is 1. The molecule has 1 aromatic rings. The van der Waals surface area contributed by atoms with E-state index in [1.165, 1.54) is 43.2 Å². The zero-order valence-electron chi connectivity index (χ0n) is 12.5. The first-order valence-electron chi connectivity index (χ1n) is 8.00. The molecule has 0 spiro atoms. The Morgan fingerprint density at radius 2 is 2.20 bits per heavy atom. The van der Waals surface area contributed by atoms with Crippen molar-refractivity contribution < 1.29 is 4.74 Å². The highest BCUT2D eigenvalue weighted by molar-refractivity contribution is 5.40. The van der Waals surface area contributed by atoms with Crippen molar-refractivity contribution in [1.82, 2.24) is 5.32 Å². The zero-order valence-corrected chi connectivity index (χ0v) is 12.5. The molecular formula is C18H25NO. The molecule has 2 heteroatoms. The van der Waals surface area contributed by atoms with Crippen LogP contribution in [-0.4, -0.2) is 13.2 Å². The van der Waals surface area contributed by atoms with Crippen molar-refractivity contribution in [3.05, 3.63) is 41.0 Å². The summed E-state index contributed by atoms with van der Waals surface area (Å²) >= 11 is 0. The molecule has 1 unspecified atom stereocenters. The molecule has 0 amide bonds. The summed E-state index contributed by atoms with van der Waals surface area (Å²) in [5.41, 5.74) is 4.40. The average Bonchev–Trinajstić information content (AvgIpc) is 2.95. The van der Waals surface area contributed by atoms with Crippen molar-refractivity contribution in [3.8, 4) is 5.75 Å². The number of rotatable bonds is 5. The molecule has 1 aliphatic heterocycles. The summed E-state index contributed by atoms with van der Waals surface area (Å²) < 4.78 is 5.57. The van der Waals surface area contributed by atoms with Gasteiger partial charge in [0, 0.05) is 12.5 Å². The number of hydrogen-bond donors (Lipinski definition) is 1. The molecule has 1 atom stereocenters. The van der Waals surface area contributed by atoms with Crippen LogP contribution in [0.4, 0.5) is 0 Å². The molecule has 108 valence electrons. The van der Waals surface area contributed by atoms with Crippen LogP contribution >= 0.6 is 0 Å². The lowest BCUT2D eigenvalue weighted by Crippen LogP contribution is -2.20. The summed E-state index contributed by atoms with van der Waals surface area (Å²) in [6.45, 7) is 4.18. The predicted octanol–water partition coefficient (Wildman–Crippen LogP) is 4.16. The third-order valence-corrected chi connectivity index (χ3v) is 4.50. The molecule has 0 radical (unpaired) electrons. The first-order chi connectivity index (χ1) is 9.83. The Kier molecular flexibility index (Phi) is 4.41. The van der Waals surface area contributed by atoms with Gasteiger partial charge >= 0.3 is 0 Å². The fraction of sp³-hybridized carbons (Fsp3) is 0.556. The van der Waals surface area contributed by atoms with Gasteiger partial charge in [-0.1, -0.05) is 23.8 Å². The average molecular weight is 271 g/mol. The summed E-state index contributed by atoms with van der Waals surface area (Å²) in [6.07, 6.45) is 10.1. The van der Waals surface area contributed by atoms with Crippen molar-refractivity contribution >= 4 is 0 Å². The summed E-state index contributed by atoms with van der Waals surface area (Å²) in [5, 5.41) is 3.66. The maximum atomic E-state index is 5.57. The molecule has 0 fully saturated rings. The standard InChI is InChI=1S/C18H25NO/c1-14(19-11-9-15-5-3-2-4-6-15)16-7-8-18-17(13-16)10-12-20-18/h5,7-8,13-14,19H,2-4,6,9-12H2,1H3. The van der Waals surface area contributed by atoms with Gasteiger partial charge < -0.3 is 10.1 Å². The van der Waals surface area contributed by atoms with Crippen molar-refractivity contribution in [2.24, 2.45) is 0 Å². The van der Waals surface area contributed by atoms with Gasteiger partial charge in [-0.15, -0.1) is 0 Å². The SMILES string of the molecule is CC(NCCC1=CCCCC1)c1ccc2c(c1)CCO2. The van der Waals surface area contributed by atoms with E-state index in [4.69, 9.17) is 4.74 Å². The van der Waals surface area contributed by atoms with Gasteiger partial charge in [0.25, 0.3) is 0 Å². The Bertz CT molecular complexity index is 492. The molecule has 20 heavy (non-hydrogen) atoms. The molecule has 3 rings (SSSR count). The maximum absolute atomic E-state index is 5.57. The molecule has 0 bridgehead atoms. The molecule has 2 nitrogen and oxygen atoms in total. The van der Waals surface area contributed by atoms with Gasteiger partial charge in [0.15, 0.2) is 0 Å². The van der Waals surface area contributed by atoms with Gasteiger partial charge in [0.05, 0.1) is 6.61 Å². The van der Waals surface area contributed by atoms with E-state index < -0.39 is 0 Å². The predicted molar refractivity (Wildman–Crippen MR) is 83.2 cm³/mol. The van der Waals surface area contributed by atoms with Gasteiger partial charge in [0.2, 0.25) is 0 Å². The van der Waals surface area contributed by atoms with Crippen LogP contribution in [-0.2, 0) is 6.42 Å². The third-order valence-electron chi connectivity index (χ3n) is 4.50. The smallest absolute Gasteiger partial charge is 0.122 e. The fourth-order valence-electron chi connectivity index (χ4n) is 3.17. The van der Waals surface area contributed by atoms with E-state index >= 15 is 0 Å². The minimum absolute atomic E-state index is 0.421. The Morgan fingerprint density at radius 1 is 1.25 bits per heavy atom. The Morgan fingerprint density at radius 3 is 3.05 bits per heavy atom. The zero-order chi connectivity index (χ0) is 13.8. The lowest BCUT2D eigenvalue weighted by Gasteiger charge is -2.17. The summed E-state index contributed by atoms with van der Waals surface area (Å²) in [4.78, 5) is 0. The molecule has 1 aliphatic carbocycles. The van der Waals surface area contributed by atoms with Crippen molar-refractivity contribution in [2.45, 2.75) is 51.5 Å². The van der Waals surface area contributed by atoms with Crippen molar-refractivity contribution in [2.75, 3.05) is 13.2 Å². The molecule has 0 saturated heterocycles. The van der Waals surface area contributed by atoms with E-state index in [9.17, 15) is 0 Å². The highest BCUT2D eigenvalue weighted by Crippen LogP contribution is 2.28. The Labute approximate surface area is 122 Å². The highest BCUT2D eigenvalue weighted by atomic mass is 16.5. The quantitative estimate of drug-likeness (QED) is 0.812. The lowest BCUT2D eigenvalue weighted by molar-refractivity contribution is 0.356. The van der Waals surface area contributed by atoms with Gasteiger partial charge in [-0.2, -0.15) is 0 Å².